The largest absolute Gasteiger partial charge is 0.370 e. The van der Waals surface area contributed by atoms with E-state index < -0.39 is 0 Å². The Morgan fingerprint density at radius 2 is 2.30 bits per heavy atom. The van der Waals surface area contributed by atoms with Crippen LogP contribution in [0, 0.1) is 0 Å². The van der Waals surface area contributed by atoms with Gasteiger partial charge in [-0.05, 0) is 12.8 Å². The fourth-order valence-corrected chi connectivity index (χ4v) is 0.872. The Kier molecular flexibility index (Phi) is 2.54. The van der Waals surface area contributed by atoms with E-state index in [0.29, 0.717) is 0 Å². The van der Waals surface area contributed by atoms with Crippen LogP contribution in [0.1, 0.15) is 19.8 Å². The Hall–Kier alpha value is -0.730. The summed E-state index contributed by atoms with van der Waals surface area (Å²) in [5.41, 5.74) is 5.64. The summed E-state index contributed by atoms with van der Waals surface area (Å²) >= 11 is 0. The average Bonchev–Trinajstić information content (AvgIpc) is 1.79. The monoisotopic (exact) mass is 141 g/mol. The van der Waals surface area contributed by atoms with Crippen LogP contribution >= 0.6 is 0 Å². The molecule has 10 heavy (non-hydrogen) atoms. The Labute approximate surface area is 61.9 Å². The second-order valence-electron chi connectivity index (χ2n) is 2.58. The topological polar surface area (TPSA) is 41.6 Å². The SMILES string of the molecule is CCCN=C(N)N1CCC1. The first-order valence-corrected chi connectivity index (χ1v) is 3.89. The fourth-order valence-electron chi connectivity index (χ4n) is 0.872. The maximum atomic E-state index is 5.64. The molecule has 0 spiro atoms. The highest BCUT2D eigenvalue weighted by molar-refractivity contribution is 5.78. The summed E-state index contributed by atoms with van der Waals surface area (Å²) in [7, 11) is 0. The van der Waals surface area contributed by atoms with Gasteiger partial charge in [-0.25, -0.2) is 0 Å². The van der Waals surface area contributed by atoms with E-state index in [-0.39, 0.29) is 0 Å². The third-order valence-corrected chi connectivity index (χ3v) is 1.68. The van der Waals surface area contributed by atoms with Crippen LogP contribution in [0.5, 0.6) is 0 Å². The van der Waals surface area contributed by atoms with E-state index in [9.17, 15) is 0 Å². The third kappa shape index (κ3) is 1.62. The van der Waals surface area contributed by atoms with Gasteiger partial charge in [-0.1, -0.05) is 6.92 Å². The van der Waals surface area contributed by atoms with Crippen molar-refractivity contribution in [2.24, 2.45) is 10.7 Å². The molecule has 0 atom stereocenters. The highest BCUT2D eigenvalue weighted by atomic mass is 15.3. The summed E-state index contributed by atoms with van der Waals surface area (Å²) in [5, 5.41) is 0. The third-order valence-electron chi connectivity index (χ3n) is 1.68. The second-order valence-corrected chi connectivity index (χ2v) is 2.58. The molecule has 0 saturated carbocycles. The van der Waals surface area contributed by atoms with Crippen molar-refractivity contribution < 1.29 is 0 Å². The van der Waals surface area contributed by atoms with Gasteiger partial charge in [-0.15, -0.1) is 0 Å². The first kappa shape index (κ1) is 7.38. The number of hydrogen-bond donors (Lipinski definition) is 1. The summed E-state index contributed by atoms with van der Waals surface area (Å²) in [6.45, 7) is 5.16. The lowest BCUT2D eigenvalue weighted by molar-refractivity contribution is 0.295. The van der Waals surface area contributed by atoms with Crippen molar-refractivity contribution in [2.75, 3.05) is 19.6 Å². The van der Waals surface area contributed by atoms with E-state index in [0.717, 1.165) is 32.0 Å². The van der Waals surface area contributed by atoms with E-state index in [1.807, 2.05) is 0 Å². The maximum absolute atomic E-state index is 5.64. The molecule has 2 N–H and O–H groups in total. The van der Waals surface area contributed by atoms with Crippen LogP contribution in [0.2, 0.25) is 0 Å². The number of guanidine groups is 1. The number of rotatable bonds is 2. The highest BCUT2D eigenvalue weighted by Gasteiger charge is 2.14. The van der Waals surface area contributed by atoms with Crippen molar-refractivity contribution >= 4 is 5.96 Å². The quantitative estimate of drug-likeness (QED) is 0.447. The van der Waals surface area contributed by atoms with E-state index in [1.165, 1.54) is 6.42 Å². The lowest BCUT2D eigenvalue weighted by Gasteiger charge is -2.31. The predicted octanol–water partition coefficient (Wildman–Crippen LogP) is 0.417. The molecule has 1 fully saturated rings. The molecule has 0 amide bonds. The second kappa shape index (κ2) is 3.44. The van der Waals surface area contributed by atoms with Crippen LogP contribution in [0.15, 0.2) is 4.99 Å². The summed E-state index contributed by atoms with van der Waals surface area (Å²) in [6.07, 6.45) is 2.34. The van der Waals surface area contributed by atoms with Gasteiger partial charge in [0.25, 0.3) is 0 Å². The molecule has 58 valence electrons. The number of hydrogen-bond acceptors (Lipinski definition) is 1. The molecule has 0 aromatic rings. The van der Waals surface area contributed by atoms with Crippen molar-refractivity contribution in [3.63, 3.8) is 0 Å². The highest BCUT2D eigenvalue weighted by Crippen LogP contribution is 2.03. The zero-order chi connectivity index (χ0) is 7.40. The van der Waals surface area contributed by atoms with Gasteiger partial charge in [-0.3, -0.25) is 4.99 Å². The molecule has 0 aliphatic carbocycles. The lowest BCUT2D eigenvalue weighted by atomic mass is 10.2. The minimum Gasteiger partial charge on any atom is -0.370 e. The average molecular weight is 141 g/mol. The van der Waals surface area contributed by atoms with Gasteiger partial charge in [0.15, 0.2) is 5.96 Å². The van der Waals surface area contributed by atoms with Crippen molar-refractivity contribution in [3.8, 4) is 0 Å². The molecule has 0 bridgehead atoms. The first-order chi connectivity index (χ1) is 4.84. The molecular weight excluding hydrogens is 126 g/mol. The number of aliphatic imine (C=N–C) groups is 1. The Morgan fingerprint density at radius 1 is 1.60 bits per heavy atom. The van der Waals surface area contributed by atoms with Gasteiger partial charge >= 0.3 is 0 Å². The van der Waals surface area contributed by atoms with E-state index in [2.05, 4.69) is 16.8 Å². The summed E-state index contributed by atoms with van der Waals surface area (Å²) < 4.78 is 0. The molecule has 1 saturated heterocycles. The van der Waals surface area contributed by atoms with Gasteiger partial charge in [0.1, 0.15) is 0 Å². The molecule has 0 aromatic carbocycles. The van der Waals surface area contributed by atoms with Gasteiger partial charge in [-0.2, -0.15) is 0 Å². The zero-order valence-corrected chi connectivity index (χ0v) is 6.51. The Bertz CT molecular complexity index is 127. The zero-order valence-electron chi connectivity index (χ0n) is 6.51. The van der Waals surface area contributed by atoms with Gasteiger partial charge in [0, 0.05) is 19.6 Å². The van der Waals surface area contributed by atoms with Crippen LogP contribution in [0.25, 0.3) is 0 Å². The van der Waals surface area contributed by atoms with Gasteiger partial charge < -0.3 is 10.6 Å². The normalized spacial score (nSPS) is 18.9. The molecule has 1 rings (SSSR count). The van der Waals surface area contributed by atoms with E-state index in [4.69, 9.17) is 5.73 Å². The molecule has 1 heterocycles. The lowest BCUT2D eigenvalue weighted by Crippen LogP contribution is -2.46. The summed E-state index contributed by atoms with van der Waals surface area (Å²) in [4.78, 5) is 6.29. The van der Waals surface area contributed by atoms with Gasteiger partial charge in [0.05, 0.1) is 0 Å². The van der Waals surface area contributed by atoms with Crippen LogP contribution < -0.4 is 5.73 Å². The molecule has 0 aromatic heterocycles. The Balaban J connectivity index is 2.23. The molecule has 3 nitrogen and oxygen atoms in total. The van der Waals surface area contributed by atoms with Crippen molar-refractivity contribution in [1.82, 2.24) is 4.90 Å². The number of nitrogens with zero attached hydrogens (tertiary/aromatic N) is 2. The van der Waals surface area contributed by atoms with Crippen LogP contribution in [0.4, 0.5) is 0 Å². The maximum Gasteiger partial charge on any atom is 0.191 e. The molecule has 0 unspecified atom stereocenters. The Morgan fingerprint density at radius 3 is 2.70 bits per heavy atom. The number of likely N-dealkylation sites (tertiary alicyclic amines) is 1. The molecule has 3 heteroatoms. The van der Waals surface area contributed by atoms with Gasteiger partial charge in [0.2, 0.25) is 0 Å². The smallest absolute Gasteiger partial charge is 0.191 e. The predicted molar refractivity (Wildman–Crippen MR) is 43.0 cm³/mol. The van der Waals surface area contributed by atoms with Crippen molar-refractivity contribution in [2.45, 2.75) is 19.8 Å². The van der Waals surface area contributed by atoms with Crippen molar-refractivity contribution in [1.29, 1.82) is 0 Å². The molecule has 1 aliphatic rings. The minimum atomic E-state index is 0.730. The molecule has 1 aliphatic heterocycles. The summed E-state index contributed by atoms with van der Waals surface area (Å²) in [5.74, 6) is 0.730. The molecule has 0 radical (unpaired) electrons. The fraction of sp³-hybridized carbons (Fsp3) is 0.857. The van der Waals surface area contributed by atoms with Crippen LogP contribution in [-0.2, 0) is 0 Å². The van der Waals surface area contributed by atoms with Crippen LogP contribution in [-0.4, -0.2) is 30.5 Å². The standard InChI is InChI=1S/C7H15N3/c1-2-4-9-7(8)10-5-3-6-10/h2-6H2,1H3,(H2,8,9). The van der Waals surface area contributed by atoms with Crippen LogP contribution in [0.3, 0.4) is 0 Å². The summed E-state index contributed by atoms with van der Waals surface area (Å²) in [6, 6.07) is 0. The van der Waals surface area contributed by atoms with E-state index in [1.54, 1.807) is 0 Å². The number of nitrogens with two attached hydrogens (primary N) is 1. The van der Waals surface area contributed by atoms with E-state index >= 15 is 0 Å². The molecular formula is C7H15N3. The minimum absolute atomic E-state index is 0.730. The first-order valence-electron chi connectivity index (χ1n) is 3.89. The van der Waals surface area contributed by atoms with Crippen molar-refractivity contribution in [3.05, 3.63) is 0 Å².